The van der Waals surface area contributed by atoms with Crippen molar-refractivity contribution in [2.24, 2.45) is 0 Å². The van der Waals surface area contributed by atoms with Crippen LogP contribution < -0.4 is 5.32 Å². The molecule has 0 atom stereocenters. The molecule has 0 fully saturated rings. The number of nitrogens with zero attached hydrogens (tertiary/aromatic N) is 1. The van der Waals surface area contributed by atoms with Gasteiger partial charge in [0.25, 0.3) is 5.91 Å². The van der Waals surface area contributed by atoms with Crippen molar-refractivity contribution in [2.75, 3.05) is 18.6 Å². The molecule has 2 N–H and O–H groups in total. The standard InChI is InChI=1S/C19H21F2N3OS.C2H6/c1-13-17(18(24-23-13)14-5-3-6-16(21)11-14)12-15(7-8-20)19(25)22-9-4-10-26-2;1-2/h3,5-8,11-12H,4,9-10H2,1-2H3,(H,22,25)(H,23,24);1-2H3/b8-7+,15-12+;. The Morgan fingerprint density at radius 1 is 1.36 bits per heavy atom. The van der Waals surface area contributed by atoms with Gasteiger partial charge in [-0.3, -0.25) is 9.89 Å². The van der Waals surface area contributed by atoms with Crippen molar-refractivity contribution >= 4 is 23.7 Å². The number of rotatable bonds is 8. The summed E-state index contributed by atoms with van der Waals surface area (Å²) in [5, 5.41) is 9.80. The molecule has 0 unspecified atom stereocenters. The lowest BCUT2D eigenvalue weighted by molar-refractivity contribution is -0.117. The van der Waals surface area contributed by atoms with Crippen LogP contribution in [0.25, 0.3) is 17.3 Å². The van der Waals surface area contributed by atoms with Gasteiger partial charge in [0.1, 0.15) is 5.82 Å². The van der Waals surface area contributed by atoms with Crippen LogP contribution in [0.15, 0.2) is 42.2 Å². The van der Waals surface area contributed by atoms with Crippen LogP contribution in [-0.2, 0) is 4.79 Å². The molecule has 1 heterocycles. The summed E-state index contributed by atoms with van der Waals surface area (Å²) in [5.41, 5.74) is 2.55. The molecule has 2 rings (SSSR count). The molecule has 1 aromatic carbocycles. The molecular formula is C21H27F2N3OS. The Hall–Kier alpha value is -2.41. The fourth-order valence-electron chi connectivity index (χ4n) is 2.40. The van der Waals surface area contributed by atoms with Gasteiger partial charge < -0.3 is 5.32 Å². The number of aromatic nitrogens is 2. The highest BCUT2D eigenvalue weighted by molar-refractivity contribution is 7.98. The molecule has 1 amide bonds. The average Bonchev–Trinajstić information content (AvgIpc) is 3.07. The monoisotopic (exact) mass is 407 g/mol. The molecule has 0 saturated heterocycles. The van der Waals surface area contributed by atoms with Crippen LogP contribution >= 0.6 is 11.8 Å². The van der Waals surface area contributed by atoms with E-state index >= 15 is 0 Å². The SMILES string of the molecule is CC.CSCCCNC(=O)C(/C=C/F)=C/c1c(-c2cccc(F)c2)n[nH]c1C. The van der Waals surface area contributed by atoms with Crippen molar-refractivity contribution in [3.63, 3.8) is 0 Å². The molecule has 0 aliphatic rings. The molecule has 152 valence electrons. The summed E-state index contributed by atoms with van der Waals surface area (Å²) in [7, 11) is 0. The van der Waals surface area contributed by atoms with Crippen molar-refractivity contribution < 1.29 is 13.6 Å². The van der Waals surface area contributed by atoms with Crippen LogP contribution in [0.5, 0.6) is 0 Å². The smallest absolute Gasteiger partial charge is 0.251 e. The number of carbonyl (C=O) groups is 1. The molecule has 0 bridgehead atoms. The van der Waals surface area contributed by atoms with Gasteiger partial charge >= 0.3 is 0 Å². The number of H-pyrrole nitrogens is 1. The van der Waals surface area contributed by atoms with Crippen molar-refractivity contribution in [1.29, 1.82) is 0 Å². The lowest BCUT2D eigenvalue weighted by atomic mass is 10.0. The molecule has 7 heteroatoms. The molecule has 0 aliphatic carbocycles. The van der Waals surface area contributed by atoms with Crippen molar-refractivity contribution in [3.05, 3.63) is 59.3 Å². The fourth-order valence-corrected chi connectivity index (χ4v) is 2.84. The predicted molar refractivity (Wildman–Crippen MR) is 114 cm³/mol. The summed E-state index contributed by atoms with van der Waals surface area (Å²) in [5.74, 6) is 0.183. The second kappa shape index (κ2) is 12.9. The zero-order valence-corrected chi connectivity index (χ0v) is 17.5. The summed E-state index contributed by atoms with van der Waals surface area (Å²) in [4.78, 5) is 12.3. The minimum absolute atomic E-state index is 0.166. The fraction of sp³-hybridized carbons (Fsp3) is 0.333. The lowest BCUT2D eigenvalue weighted by Gasteiger charge is -2.06. The lowest BCUT2D eigenvalue weighted by Crippen LogP contribution is -2.25. The molecule has 2 aromatic rings. The molecule has 0 saturated carbocycles. The van der Waals surface area contributed by atoms with E-state index < -0.39 is 0 Å². The maximum absolute atomic E-state index is 13.5. The van der Waals surface area contributed by atoms with Gasteiger partial charge in [-0.25, -0.2) is 8.78 Å². The normalized spacial score (nSPS) is 11.3. The minimum atomic E-state index is -0.381. The summed E-state index contributed by atoms with van der Waals surface area (Å²) in [6, 6.07) is 6.02. The van der Waals surface area contributed by atoms with Gasteiger partial charge in [-0.05, 0) is 49.6 Å². The first kappa shape index (κ1) is 23.6. The highest BCUT2D eigenvalue weighted by atomic mass is 32.2. The molecule has 28 heavy (non-hydrogen) atoms. The van der Waals surface area contributed by atoms with Gasteiger partial charge in [-0.15, -0.1) is 0 Å². The Bertz CT molecular complexity index is 816. The quantitative estimate of drug-likeness (QED) is 0.355. The molecule has 4 nitrogen and oxygen atoms in total. The number of hydrogen-bond donors (Lipinski definition) is 2. The number of aromatic amines is 1. The van der Waals surface area contributed by atoms with Crippen molar-refractivity contribution in [1.82, 2.24) is 15.5 Å². The number of hydrogen-bond acceptors (Lipinski definition) is 3. The topological polar surface area (TPSA) is 57.8 Å². The maximum atomic E-state index is 13.5. The summed E-state index contributed by atoms with van der Waals surface area (Å²) in [6.45, 7) is 6.30. The van der Waals surface area contributed by atoms with Gasteiger partial charge in [-0.2, -0.15) is 16.9 Å². The first-order chi connectivity index (χ1) is 13.6. The van der Waals surface area contributed by atoms with E-state index in [0.717, 1.165) is 18.2 Å². The van der Waals surface area contributed by atoms with Crippen LogP contribution in [0.3, 0.4) is 0 Å². The second-order valence-corrected chi connectivity index (χ2v) is 6.60. The van der Waals surface area contributed by atoms with Gasteiger partial charge in [0.15, 0.2) is 0 Å². The Kier molecular flexibility index (Phi) is 10.9. The van der Waals surface area contributed by atoms with Crippen LogP contribution in [0.2, 0.25) is 0 Å². The van der Waals surface area contributed by atoms with E-state index in [1.807, 2.05) is 20.1 Å². The molecule has 0 radical (unpaired) electrons. The van der Waals surface area contributed by atoms with E-state index in [4.69, 9.17) is 0 Å². The number of aryl methyl sites for hydroxylation is 1. The van der Waals surface area contributed by atoms with Crippen molar-refractivity contribution in [3.8, 4) is 11.3 Å². The Labute approximate surface area is 169 Å². The molecule has 0 spiro atoms. The minimum Gasteiger partial charge on any atom is -0.352 e. The van der Waals surface area contributed by atoms with Crippen LogP contribution in [0.1, 0.15) is 31.5 Å². The van der Waals surface area contributed by atoms with E-state index in [0.29, 0.717) is 35.4 Å². The van der Waals surface area contributed by atoms with E-state index in [9.17, 15) is 13.6 Å². The third kappa shape index (κ3) is 6.96. The van der Waals surface area contributed by atoms with E-state index in [1.165, 1.54) is 12.1 Å². The zero-order chi connectivity index (χ0) is 20.9. The first-order valence-corrected chi connectivity index (χ1v) is 10.5. The van der Waals surface area contributed by atoms with Crippen molar-refractivity contribution in [2.45, 2.75) is 27.2 Å². The third-order valence-electron chi connectivity index (χ3n) is 3.71. The predicted octanol–water partition coefficient (Wildman–Crippen LogP) is 5.29. The van der Waals surface area contributed by atoms with E-state index in [-0.39, 0.29) is 17.3 Å². The zero-order valence-electron chi connectivity index (χ0n) is 16.7. The third-order valence-corrected chi connectivity index (χ3v) is 4.40. The number of amides is 1. The second-order valence-electron chi connectivity index (χ2n) is 5.62. The van der Waals surface area contributed by atoms with E-state index in [1.54, 1.807) is 36.9 Å². The van der Waals surface area contributed by atoms with E-state index in [2.05, 4.69) is 15.5 Å². The summed E-state index contributed by atoms with van der Waals surface area (Å²) < 4.78 is 26.3. The van der Waals surface area contributed by atoms with Gasteiger partial charge in [-0.1, -0.05) is 26.0 Å². The Morgan fingerprint density at radius 3 is 2.75 bits per heavy atom. The average molecular weight is 408 g/mol. The van der Waals surface area contributed by atoms with Crippen LogP contribution in [0.4, 0.5) is 8.78 Å². The highest BCUT2D eigenvalue weighted by Crippen LogP contribution is 2.26. The molecule has 1 aromatic heterocycles. The van der Waals surface area contributed by atoms with Crippen LogP contribution in [0, 0.1) is 12.7 Å². The van der Waals surface area contributed by atoms with Crippen LogP contribution in [-0.4, -0.2) is 34.7 Å². The first-order valence-electron chi connectivity index (χ1n) is 9.13. The van der Waals surface area contributed by atoms with Gasteiger partial charge in [0, 0.05) is 28.9 Å². The number of benzene rings is 1. The number of thioether (sulfide) groups is 1. The number of nitrogens with one attached hydrogen (secondary N) is 2. The maximum Gasteiger partial charge on any atom is 0.251 e. The Morgan fingerprint density at radius 2 is 2.11 bits per heavy atom. The number of halogens is 2. The summed E-state index contributed by atoms with van der Waals surface area (Å²) in [6.07, 6.45) is 5.81. The highest BCUT2D eigenvalue weighted by Gasteiger charge is 2.14. The molecule has 0 aliphatic heterocycles. The summed E-state index contributed by atoms with van der Waals surface area (Å²) >= 11 is 1.70. The number of carbonyl (C=O) groups excluding carboxylic acids is 1. The molecular weight excluding hydrogens is 380 g/mol. The van der Waals surface area contributed by atoms with Gasteiger partial charge in [0.2, 0.25) is 0 Å². The van der Waals surface area contributed by atoms with Gasteiger partial charge in [0.05, 0.1) is 12.0 Å². The Balaban J connectivity index is 0.00000190. The largest absolute Gasteiger partial charge is 0.352 e.